The number of aromatic nitrogens is 3. The van der Waals surface area contributed by atoms with Gasteiger partial charge in [-0.3, -0.25) is 0 Å². The Balaban J connectivity index is 2.11. The smallest absolute Gasteiger partial charge is 0.160 e. The van der Waals surface area contributed by atoms with E-state index in [2.05, 4.69) is 34.9 Å². The summed E-state index contributed by atoms with van der Waals surface area (Å²) in [5.41, 5.74) is 4.13. The summed E-state index contributed by atoms with van der Waals surface area (Å²) in [5, 5.41) is 4.60. The molecule has 0 aliphatic carbocycles. The van der Waals surface area contributed by atoms with Crippen LogP contribution in [0.25, 0.3) is 5.65 Å². The third kappa shape index (κ3) is 2.15. The molecule has 0 radical (unpaired) electrons. The predicted octanol–water partition coefficient (Wildman–Crippen LogP) is 2.85. The molecule has 20 heavy (non-hydrogen) atoms. The maximum absolute atomic E-state index is 13.3. The molecule has 3 heterocycles. The molecular formula is C15H21FN4. The zero-order chi connectivity index (χ0) is 14.3. The largest absolute Gasteiger partial charge is 0.356 e. The molecule has 0 N–H and O–H groups in total. The summed E-state index contributed by atoms with van der Waals surface area (Å²) in [6.07, 6.45) is 1.44. The predicted molar refractivity (Wildman–Crippen MR) is 78.2 cm³/mol. The Morgan fingerprint density at radius 1 is 1.30 bits per heavy atom. The van der Waals surface area contributed by atoms with Crippen molar-refractivity contribution in [1.29, 1.82) is 0 Å². The lowest BCUT2D eigenvalue weighted by molar-refractivity contribution is 0.276. The van der Waals surface area contributed by atoms with E-state index in [0.29, 0.717) is 12.8 Å². The normalized spacial score (nSPS) is 17.1. The fraction of sp³-hybridized carbons (Fsp3) is 0.600. The zero-order valence-corrected chi connectivity index (χ0v) is 12.4. The Morgan fingerprint density at radius 3 is 2.65 bits per heavy atom. The maximum atomic E-state index is 13.3. The van der Waals surface area contributed by atoms with Crippen LogP contribution in [0.4, 0.5) is 10.2 Å². The average molecular weight is 276 g/mol. The van der Waals surface area contributed by atoms with Crippen molar-refractivity contribution >= 4 is 11.5 Å². The molecule has 0 saturated carbocycles. The van der Waals surface area contributed by atoms with Crippen LogP contribution in [0.15, 0.2) is 6.07 Å². The van der Waals surface area contributed by atoms with Crippen molar-refractivity contribution in [3.05, 3.63) is 23.0 Å². The number of anilines is 1. The summed E-state index contributed by atoms with van der Waals surface area (Å²) in [7, 11) is 0. The van der Waals surface area contributed by atoms with Crippen LogP contribution in [0.5, 0.6) is 0 Å². The van der Waals surface area contributed by atoms with Crippen LogP contribution < -0.4 is 4.90 Å². The Morgan fingerprint density at radius 2 is 2.00 bits per heavy atom. The van der Waals surface area contributed by atoms with Crippen LogP contribution in [-0.4, -0.2) is 33.9 Å². The summed E-state index contributed by atoms with van der Waals surface area (Å²) in [5.74, 6) is 1.05. The minimum absolute atomic E-state index is 0.602. The van der Waals surface area contributed by atoms with E-state index in [1.165, 1.54) is 0 Å². The van der Waals surface area contributed by atoms with E-state index in [9.17, 15) is 4.39 Å². The molecule has 1 aliphatic rings. The monoisotopic (exact) mass is 276 g/mol. The molecule has 1 fully saturated rings. The van der Waals surface area contributed by atoms with E-state index in [-0.39, 0.29) is 0 Å². The van der Waals surface area contributed by atoms with Crippen molar-refractivity contribution in [3.8, 4) is 0 Å². The van der Waals surface area contributed by atoms with Gasteiger partial charge in [0.2, 0.25) is 0 Å². The maximum Gasteiger partial charge on any atom is 0.160 e. The highest BCUT2D eigenvalue weighted by Gasteiger charge is 2.22. The summed E-state index contributed by atoms with van der Waals surface area (Å²) >= 11 is 0. The number of halogens is 1. The van der Waals surface area contributed by atoms with Crippen LogP contribution in [0, 0.1) is 13.8 Å². The lowest BCUT2D eigenvalue weighted by atomic mass is 10.1. The van der Waals surface area contributed by atoms with E-state index < -0.39 is 6.17 Å². The highest BCUT2D eigenvalue weighted by Crippen LogP contribution is 2.25. The van der Waals surface area contributed by atoms with Gasteiger partial charge in [-0.1, -0.05) is 6.92 Å². The summed E-state index contributed by atoms with van der Waals surface area (Å²) < 4.78 is 15.3. The van der Waals surface area contributed by atoms with E-state index in [4.69, 9.17) is 0 Å². The zero-order valence-electron chi connectivity index (χ0n) is 12.4. The molecular weight excluding hydrogens is 255 g/mol. The number of hydrogen-bond donors (Lipinski definition) is 0. The fourth-order valence-electron chi connectivity index (χ4n) is 2.75. The molecule has 1 saturated heterocycles. The van der Waals surface area contributed by atoms with Gasteiger partial charge in [-0.05, 0) is 33.1 Å². The highest BCUT2D eigenvalue weighted by atomic mass is 19.1. The van der Waals surface area contributed by atoms with Crippen molar-refractivity contribution in [2.45, 2.75) is 46.2 Å². The molecule has 0 spiro atoms. The minimum Gasteiger partial charge on any atom is -0.356 e. The first kappa shape index (κ1) is 13.3. The van der Waals surface area contributed by atoms with Gasteiger partial charge in [0.1, 0.15) is 12.0 Å². The fourth-order valence-corrected chi connectivity index (χ4v) is 2.75. The van der Waals surface area contributed by atoms with Gasteiger partial charge < -0.3 is 4.90 Å². The molecule has 0 bridgehead atoms. The van der Waals surface area contributed by atoms with E-state index in [1.807, 2.05) is 11.4 Å². The molecule has 108 valence electrons. The second-order valence-corrected chi connectivity index (χ2v) is 5.57. The molecule has 1 aliphatic heterocycles. The number of hydrogen-bond acceptors (Lipinski definition) is 3. The number of piperidine rings is 1. The molecule has 5 heteroatoms. The number of alkyl halides is 1. The second kappa shape index (κ2) is 5.04. The molecule has 0 aromatic carbocycles. The Hall–Kier alpha value is -1.65. The first-order valence-corrected chi connectivity index (χ1v) is 7.35. The Bertz CT molecular complexity index is 626. The number of rotatable bonds is 2. The molecule has 0 atom stereocenters. The van der Waals surface area contributed by atoms with E-state index in [0.717, 1.165) is 47.9 Å². The quantitative estimate of drug-likeness (QED) is 0.845. The van der Waals surface area contributed by atoms with Crippen LogP contribution in [0.1, 0.15) is 36.7 Å². The Kier molecular flexibility index (Phi) is 3.36. The van der Waals surface area contributed by atoms with Gasteiger partial charge in [0, 0.05) is 30.4 Å². The molecule has 4 nitrogen and oxygen atoms in total. The highest BCUT2D eigenvalue weighted by molar-refractivity contribution is 5.57. The van der Waals surface area contributed by atoms with Crippen LogP contribution in [0.3, 0.4) is 0 Å². The minimum atomic E-state index is -0.657. The van der Waals surface area contributed by atoms with Crippen LogP contribution >= 0.6 is 0 Å². The van der Waals surface area contributed by atoms with Crippen LogP contribution in [-0.2, 0) is 6.42 Å². The second-order valence-electron chi connectivity index (χ2n) is 5.57. The van der Waals surface area contributed by atoms with Crippen LogP contribution in [0.2, 0.25) is 0 Å². The van der Waals surface area contributed by atoms with Crippen molar-refractivity contribution < 1.29 is 4.39 Å². The molecule has 2 aromatic heterocycles. The topological polar surface area (TPSA) is 33.4 Å². The van der Waals surface area contributed by atoms with Gasteiger partial charge >= 0.3 is 0 Å². The van der Waals surface area contributed by atoms with Gasteiger partial charge in [0.05, 0.1) is 5.69 Å². The van der Waals surface area contributed by atoms with Gasteiger partial charge in [-0.25, -0.2) is 9.37 Å². The summed E-state index contributed by atoms with van der Waals surface area (Å²) in [6.45, 7) is 7.67. The summed E-state index contributed by atoms with van der Waals surface area (Å²) in [4.78, 5) is 6.92. The van der Waals surface area contributed by atoms with Crippen molar-refractivity contribution in [3.63, 3.8) is 0 Å². The van der Waals surface area contributed by atoms with Gasteiger partial charge in [-0.15, -0.1) is 0 Å². The number of fused-ring (bicyclic) bond motifs is 1. The SMILES string of the molecule is CCc1cc(N2CCC(F)CC2)n2nc(C)c(C)c2n1. The molecule has 2 aromatic rings. The van der Waals surface area contributed by atoms with Gasteiger partial charge in [0.15, 0.2) is 5.65 Å². The third-order valence-corrected chi connectivity index (χ3v) is 4.20. The third-order valence-electron chi connectivity index (χ3n) is 4.20. The van der Waals surface area contributed by atoms with E-state index >= 15 is 0 Å². The first-order chi connectivity index (χ1) is 9.60. The van der Waals surface area contributed by atoms with Crippen molar-refractivity contribution in [2.75, 3.05) is 18.0 Å². The molecule has 0 unspecified atom stereocenters. The lowest BCUT2D eigenvalue weighted by Crippen LogP contribution is -2.35. The summed E-state index contributed by atoms with van der Waals surface area (Å²) in [6, 6.07) is 2.09. The molecule has 0 amide bonds. The standard InChI is InChI=1S/C15H21FN4/c1-4-13-9-14(19-7-5-12(16)6-8-19)20-15(17-13)10(2)11(3)18-20/h9,12H,4-8H2,1-3H3. The number of nitrogens with zero attached hydrogens (tertiary/aromatic N) is 4. The first-order valence-electron chi connectivity index (χ1n) is 7.35. The van der Waals surface area contributed by atoms with Gasteiger partial charge in [0.25, 0.3) is 0 Å². The number of aryl methyl sites for hydroxylation is 3. The lowest BCUT2D eigenvalue weighted by Gasteiger charge is -2.30. The average Bonchev–Trinajstić information content (AvgIpc) is 2.75. The van der Waals surface area contributed by atoms with Gasteiger partial charge in [-0.2, -0.15) is 9.61 Å². The van der Waals surface area contributed by atoms with Crippen molar-refractivity contribution in [1.82, 2.24) is 14.6 Å². The molecule has 3 rings (SSSR count). The van der Waals surface area contributed by atoms with Crippen molar-refractivity contribution in [2.24, 2.45) is 0 Å². The van der Waals surface area contributed by atoms with E-state index in [1.54, 1.807) is 0 Å². The Labute approximate surface area is 118 Å².